The molecular formula is C23H30N2O2. The van der Waals surface area contributed by atoms with Crippen LogP contribution in [0.15, 0.2) is 24.3 Å². The lowest BCUT2D eigenvalue weighted by atomic mass is 9.84. The zero-order chi connectivity index (χ0) is 19.2. The van der Waals surface area contributed by atoms with Crippen LogP contribution < -0.4 is 10.2 Å². The normalized spacial score (nSPS) is 22.8. The Morgan fingerprint density at radius 1 is 1.11 bits per heavy atom. The van der Waals surface area contributed by atoms with Gasteiger partial charge in [0.25, 0.3) is 0 Å². The third-order valence-corrected chi connectivity index (χ3v) is 6.06. The molecule has 0 atom stereocenters. The Hall–Kier alpha value is -2.28. The molecule has 1 aromatic carbocycles. The summed E-state index contributed by atoms with van der Waals surface area (Å²) in [6, 6.07) is 7.84. The van der Waals surface area contributed by atoms with Gasteiger partial charge in [-0.2, -0.15) is 0 Å². The molecule has 2 aliphatic carbocycles. The summed E-state index contributed by atoms with van der Waals surface area (Å²) in [5, 5.41) is 3.22. The SMILES string of the molecule is C#Cc1cccc(N(CC)C(=O)C2CCC(NC(=O)C3CCCC3)CC2)c1. The van der Waals surface area contributed by atoms with E-state index < -0.39 is 0 Å². The van der Waals surface area contributed by atoms with Gasteiger partial charge in [0, 0.05) is 35.7 Å². The molecule has 1 aromatic rings. The highest BCUT2D eigenvalue weighted by Crippen LogP contribution is 2.30. The molecule has 3 rings (SSSR count). The van der Waals surface area contributed by atoms with Crippen LogP contribution in [0.1, 0.15) is 63.9 Å². The van der Waals surface area contributed by atoms with Crippen molar-refractivity contribution in [2.45, 2.75) is 64.3 Å². The standard InChI is InChI=1S/C23H30N2O2/c1-3-17-8-7-11-21(16-17)25(4-2)23(27)19-12-14-20(15-13-19)24-22(26)18-9-5-6-10-18/h1,7-8,11,16,18-20H,4-6,9-10,12-15H2,2H3,(H,24,26). The van der Waals surface area contributed by atoms with Gasteiger partial charge in [0.05, 0.1) is 0 Å². The second-order valence-electron chi connectivity index (χ2n) is 7.82. The fourth-order valence-electron chi connectivity index (χ4n) is 4.44. The van der Waals surface area contributed by atoms with Crippen LogP contribution in [0.3, 0.4) is 0 Å². The maximum Gasteiger partial charge on any atom is 0.230 e. The summed E-state index contributed by atoms with van der Waals surface area (Å²) < 4.78 is 0. The van der Waals surface area contributed by atoms with Gasteiger partial charge in [-0.25, -0.2) is 0 Å². The van der Waals surface area contributed by atoms with E-state index >= 15 is 0 Å². The van der Waals surface area contributed by atoms with Gasteiger partial charge in [-0.3, -0.25) is 9.59 Å². The minimum atomic E-state index is 0.0269. The summed E-state index contributed by atoms with van der Waals surface area (Å²) in [4.78, 5) is 27.2. The Bertz CT molecular complexity index is 707. The first-order valence-corrected chi connectivity index (χ1v) is 10.3. The minimum Gasteiger partial charge on any atom is -0.353 e. The Morgan fingerprint density at radius 3 is 2.44 bits per heavy atom. The summed E-state index contributed by atoms with van der Waals surface area (Å²) >= 11 is 0. The van der Waals surface area contributed by atoms with Crippen molar-refractivity contribution in [1.82, 2.24) is 5.32 Å². The third-order valence-electron chi connectivity index (χ3n) is 6.06. The van der Waals surface area contributed by atoms with E-state index in [1.807, 2.05) is 36.1 Å². The topological polar surface area (TPSA) is 49.4 Å². The predicted molar refractivity (Wildman–Crippen MR) is 108 cm³/mol. The van der Waals surface area contributed by atoms with Gasteiger partial charge in [-0.15, -0.1) is 6.42 Å². The van der Waals surface area contributed by atoms with Crippen LogP contribution in [0.25, 0.3) is 0 Å². The number of terminal acetylenes is 1. The van der Waals surface area contributed by atoms with Crippen molar-refractivity contribution >= 4 is 17.5 Å². The van der Waals surface area contributed by atoms with Gasteiger partial charge >= 0.3 is 0 Å². The highest BCUT2D eigenvalue weighted by molar-refractivity contribution is 5.95. The zero-order valence-corrected chi connectivity index (χ0v) is 16.2. The number of hydrogen-bond donors (Lipinski definition) is 1. The number of nitrogens with zero attached hydrogens (tertiary/aromatic N) is 1. The predicted octanol–water partition coefficient (Wildman–Crippen LogP) is 3.89. The first-order chi connectivity index (χ1) is 13.1. The Morgan fingerprint density at radius 2 is 1.81 bits per heavy atom. The number of amides is 2. The Kier molecular flexibility index (Phi) is 6.55. The molecule has 1 N–H and O–H groups in total. The molecule has 4 nitrogen and oxygen atoms in total. The Balaban J connectivity index is 1.55. The molecule has 144 valence electrons. The molecule has 2 saturated carbocycles. The summed E-state index contributed by atoms with van der Waals surface area (Å²) in [6.07, 6.45) is 13.3. The van der Waals surface area contributed by atoms with Gasteiger partial charge in [-0.05, 0) is 63.6 Å². The molecule has 0 heterocycles. The average Bonchev–Trinajstić information content (AvgIpc) is 3.24. The fourth-order valence-corrected chi connectivity index (χ4v) is 4.44. The first kappa shape index (κ1) is 19.5. The maximum atomic E-state index is 13.1. The number of hydrogen-bond acceptors (Lipinski definition) is 2. The molecule has 4 heteroatoms. The molecular weight excluding hydrogens is 336 g/mol. The lowest BCUT2D eigenvalue weighted by molar-refractivity contribution is -0.126. The fraction of sp³-hybridized carbons (Fsp3) is 0.565. The summed E-state index contributed by atoms with van der Waals surface area (Å²) in [5.74, 6) is 3.27. The molecule has 0 radical (unpaired) electrons. The van der Waals surface area contributed by atoms with Crippen LogP contribution >= 0.6 is 0 Å². The molecule has 0 bridgehead atoms. The van der Waals surface area contributed by atoms with Crippen LogP contribution in [0.5, 0.6) is 0 Å². The van der Waals surface area contributed by atoms with Gasteiger partial charge in [0.15, 0.2) is 0 Å². The van der Waals surface area contributed by atoms with Crippen LogP contribution in [-0.2, 0) is 9.59 Å². The summed E-state index contributed by atoms with van der Waals surface area (Å²) in [7, 11) is 0. The van der Waals surface area contributed by atoms with Gasteiger partial charge in [-0.1, -0.05) is 24.8 Å². The molecule has 2 aliphatic rings. The molecule has 0 aromatic heterocycles. The summed E-state index contributed by atoms with van der Waals surface area (Å²) in [6.45, 7) is 2.62. The van der Waals surface area contributed by atoms with Gasteiger partial charge in [0.2, 0.25) is 11.8 Å². The number of nitrogens with one attached hydrogen (secondary N) is 1. The van der Waals surface area contributed by atoms with E-state index in [1.54, 1.807) is 0 Å². The largest absolute Gasteiger partial charge is 0.353 e. The highest BCUT2D eigenvalue weighted by atomic mass is 16.2. The van der Waals surface area contributed by atoms with Crippen molar-refractivity contribution in [2.75, 3.05) is 11.4 Å². The smallest absolute Gasteiger partial charge is 0.230 e. The number of carbonyl (C=O) groups is 2. The van der Waals surface area contributed by atoms with Gasteiger partial charge in [0.1, 0.15) is 0 Å². The van der Waals surface area contributed by atoms with Crippen molar-refractivity contribution in [1.29, 1.82) is 0 Å². The summed E-state index contributed by atoms with van der Waals surface area (Å²) in [5.41, 5.74) is 1.66. The zero-order valence-electron chi connectivity index (χ0n) is 16.2. The number of carbonyl (C=O) groups excluding carboxylic acids is 2. The van der Waals surface area contributed by atoms with Crippen molar-refractivity contribution in [3.8, 4) is 12.3 Å². The van der Waals surface area contributed by atoms with E-state index in [1.165, 1.54) is 12.8 Å². The van der Waals surface area contributed by atoms with Crippen molar-refractivity contribution in [2.24, 2.45) is 11.8 Å². The lowest BCUT2D eigenvalue weighted by Crippen LogP contribution is -2.43. The number of benzene rings is 1. The minimum absolute atomic E-state index is 0.0269. The molecule has 0 aliphatic heterocycles. The van der Waals surface area contributed by atoms with E-state index in [2.05, 4.69) is 11.2 Å². The molecule has 27 heavy (non-hydrogen) atoms. The van der Waals surface area contributed by atoms with Crippen LogP contribution in [0.2, 0.25) is 0 Å². The molecule has 0 unspecified atom stereocenters. The molecule has 0 spiro atoms. The number of rotatable bonds is 5. The van der Waals surface area contributed by atoms with Crippen molar-refractivity contribution in [3.05, 3.63) is 29.8 Å². The van der Waals surface area contributed by atoms with Gasteiger partial charge < -0.3 is 10.2 Å². The first-order valence-electron chi connectivity index (χ1n) is 10.3. The Labute approximate surface area is 162 Å². The number of anilines is 1. The molecule has 2 fully saturated rings. The van der Waals surface area contributed by atoms with E-state index in [9.17, 15) is 9.59 Å². The van der Waals surface area contributed by atoms with Crippen molar-refractivity contribution < 1.29 is 9.59 Å². The lowest BCUT2D eigenvalue weighted by Gasteiger charge is -2.32. The second kappa shape index (κ2) is 9.08. The van der Waals surface area contributed by atoms with Crippen LogP contribution in [0.4, 0.5) is 5.69 Å². The monoisotopic (exact) mass is 366 g/mol. The quantitative estimate of drug-likeness (QED) is 0.804. The van der Waals surface area contributed by atoms with Crippen LogP contribution in [-0.4, -0.2) is 24.4 Å². The second-order valence-corrected chi connectivity index (χ2v) is 7.82. The molecule has 2 amide bonds. The molecule has 0 saturated heterocycles. The van der Waals surface area contributed by atoms with Crippen molar-refractivity contribution in [3.63, 3.8) is 0 Å². The van der Waals surface area contributed by atoms with E-state index in [4.69, 9.17) is 6.42 Å². The third kappa shape index (κ3) is 4.71. The highest BCUT2D eigenvalue weighted by Gasteiger charge is 2.31. The van der Waals surface area contributed by atoms with E-state index in [-0.39, 0.29) is 29.7 Å². The van der Waals surface area contributed by atoms with Crippen LogP contribution in [0, 0.1) is 24.2 Å². The average molecular weight is 367 g/mol. The van der Waals surface area contributed by atoms with E-state index in [0.29, 0.717) is 6.54 Å². The maximum absolute atomic E-state index is 13.1. The van der Waals surface area contributed by atoms with E-state index in [0.717, 1.165) is 49.8 Å².